The maximum atomic E-state index is 12.9. The van der Waals surface area contributed by atoms with Crippen LogP contribution in [0.5, 0.6) is 0 Å². The fourth-order valence-corrected chi connectivity index (χ4v) is 1.78. The van der Waals surface area contributed by atoms with Gasteiger partial charge in [-0.2, -0.15) is 13.2 Å². The van der Waals surface area contributed by atoms with E-state index in [1.54, 1.807) is 39.8 Å². The molecule has 1 aromatic carbocycles. The zero-order chi connectivity index (χ0) is 20.0. The van der Waals surface area contributed by atoms with Gasteiger partial charge in [-0.3, -0.25) is 10.1 Å². The van der Waals surface area contributed by atoms with E-state index in [2.05, 4.69) is 10.6 Å². The van der Waals surface area contributed by atoms with Gasteiger partial charge in [-0.25, -0.2) is 4.79 Å². The number of carbonyl (C=O) groups excluding carboxylic acids is 2. The van der Waals surface area contributed by atoms with Gasteiger partial charge in [0, 0.05) is 6.08 Å². The number of hydrogen-bond acceptors (Lipinski definition) is 3. The molecule has 0 unspecified atom stereocenters. The lowest BCUT2D eigenvalue weighted by Gasteiger charge is -2.21. The zero-order valence-corrected chi connectivity index (χ0v) is 14.9. The number of halogens is 3. The zero-order valence-electron chi connectivity index (χ0n) is 14.9. The molecule has 0 aromatic heterocycles. The molecule has 1 rings (SSSR count). The Morgan fingerprint density at radius 3 is 2.23 bits per heavy atom. The minimum atomic E-state index is -4.59. The number of alkyl halides is 3. The minimum Gasteiger partial charge on any atom is -0.444 e. The Bertz CT molecular complexity index is 717. The van der Waals surface area contributed by atoms with Crippen LogP contribution in [0, 0.1) is 0 Å². The van der Waals surface area contributed by atoms with E-state index < -0.39 is 29.3 Å². The summed E-state index contributed by atoms with van der Waals surface area (Å²) in [5.41, 5.74) is -1.95. The highest BCUT2D eigenvalue weighted by Gasteiger charge is 2.31. The first-order chi connectivity index (χ1) is 11.9. The van der Waals surface area contributed by atoms with E-state index in [-0.39, 0.29) is 11.4 Å². The molecule has 0 aliphatic rings. The summed E-state index contributed by atoms with van der Waals surface area (Å²) in [5.74, 6) is -0.644. The normalized spacial score (nSPS) is 12.4. The third kappa shape index (κ3) is 7.42. The van der Waals surface area contributed by atoms with Gasteiger partial charge in [0.2, 0.25) is 5.91 Å². The van der Waals surface area contributed by atoms with Crippen molar-refractivity contribution in [1.29, 1.82) is 0 Å². The van der Waals surface area contributed by atoms with Crippen LogP contribution in [0.1, 0.15) is 33.3 Å². The summed E-state index contributed by atoms with van der Waals surface area (Å²) in [5, 5.41) is 4.66. The second-order valence-corrected chi connectivity index (χ2v) is 6.26. The van der Waals surface area contributed by atoms with Crippen molar-refractivity contribution < 1.29 is 27.5 Å². The molecule has 0 atom stereocenters. The predicted octanol–water partition coefficient (Wildman–Crippen LogP) is 5.12. The smallest absolute Gasteiger partial charge is 0.416 e. The molecule has 0 aliphatic heterocycles. The van der Waals surface area contributed by atoms with E-state index in [1.807, 2.05) is 0 Å². The molecule has 5 nitrogen and oxygen atoms in total. The number of ether oxygens (including phenoxy) is 1. The van der Waals surface area contributed by atoms with Crippen LogP contribution in [0.25, 0.3) is 0 Å². The number of rotatable bonds is 4. The lowest BCUT2D eigenvalue weighted by Crippen LogP contribution is -2.27. The van der Waals surface area contributed by atoms with Crippen LogP contribution in [-0.2, 0) is 15.7 Å². The van der Waals surface area contributed by atoms with Crippen LogP contribution in [0.4, 0.5) is 29.3 Å². The highest BCUT2D eigenvalue weighted by atomic mass is 19.4. The topological polar surface area (TPSA) is 67.4 Å². The maximum absolute atomic E-state index is 12.9. The largest absolute Gasteiger partial charge is 0.444 e. The Balaban J connectivity index is 3.12. The highest BCUT2D eigenvalue weighted by molar-refractivity contribution is 6.03. The predicted molar refractivity (Wildman–Crippen MR) is 93.9 cm³/mol. The van der Waals surface area contributed by atoms with Crippen LogP contribution < -0.4 is 10.6 Å². The van der Waals surface area contributed by atoms with Crippen LogP contribution in [0.15, 0.2) is 42.5 Å². The van der Waals surface area contributed by atoms with E-state index in [9.17, 15) is 22.8 Å². The molecule has 0 heterocycles. The van der Waals surface area contributed by atoms with E-state index in [1.165, 1.54) is 6.08 Å². The van der Waals surface area contributed by atoms with Crippen LogP contribution in [-0.4, -0.2) is 17.6 Å². The fourth-order valence-electron chi connectivity index (χ4n) is 1.78. The first kappa shape index (κ1) is 21.3. The van der Waals surface area contributed by atoms with Crippen LogP contribution in [0.2, 0.25) is 0 Å². The summed E-state index contributed by atoms with van der Waals surface area (Å²) in [6.07, 6.45) is 0.415. The van der Waals surface area contributed by atoms with Gasteiger partial charge < -0.3 is 10.1 Å². The standard InChI is InChI=1S/C18H21F3N2O3/c1-5-6-7-8-15(24)22-14-11-12(18(19,20)21)9-10-13(14)23-16(25)26-17(2,3)4/h5-11H,1-4H3,(H,22,24)(H,23,25). The molecule has 2 N–H and O–H groups in total. The van der Waals surface area contributed by atoms with Gasteiger partial charge in [-0.15, -0.1) is 0 Å². The molecule has 0 radical (unpaired) electrons. The van der Waals surface area contributed by atoms with Crippen molar-refractivity contribution in [2.45, 2.75) is 39.5 Å². The second-order valence-electron chi connectivity index (χ2n) is 6.26. The summed E-state index contributed by atoms with van der Waals surface area (Å²) >= 11 is 0. The lowest BCUT2D eigenvalue weighted by atomic mass is 10.1. The third-order valence-electron chi connectivity index (χ3n) is 2.79. The Labute approximate surface area is 149 Å². The third-order valence-corrected chi connectivity index (χ3v) is 2.79. The molecule has 0 spiro atoms. The number of hydrogen-bond donors (Lipinski definition) is 2. The molecule has 0 fully saturated rings. The maximum Gasteiger partial charge on any atom is 0.416 e. The quantitative estimate of drug-likeness (QED) is 0.571. The number of benzene rings is 1. The Hall–Kier alpha value is -2.77. The fraction of sp³-hybridized carbons (Fsp3) is 0.333. The van der Waals surface area contributed by atoms with Crippen LogP contribution in [0.3, 0.4) is 0 Å². The first-order valence-corrected chi connectivity index (χ1v) is 7.74. The Morgan fingerprint density at radius 1 is 1.04 bits per heavy atom. The van der Waals surface area contributed by atoms with Gasteiger partial charge in [0.1, 0.15) is 5.60 Å². The van der Waals surface area contributed by atoms with Crippen LogP contribution >= 0.6 is 0 Å². The van der Waals surface area contributed by atoms with Crippen molar-refractivity contribution in [2.24, 2.45) is 0 Å². The summed E-state index contributed by atoms with van der Waals surface area (Å²) < 4.78 is 43.8. The Morgan fingerprint density at radius 2 is 1.69 bits per heavy atom. The molecular weight excluding hydrogens is 349 g/mol. The van der Waals surface area contributed by atoms with Gasteiger partial charge in [-0.1, -0.05) is 18.2 Å². The molecule has 0 bridgehead atoms. The number of carbonyl (C=O) groups is 2. The van der Waals surface area contributed by atoms with Gasteiger partial charge in [0.05, 0.1) is 16.9 Å². The van der Waals surface area contributed by atoms with Gasteiger partial charge >= 0.3 is 12.3 Å². The second kappa shape index (κ2) is 8.55. The van der Waals surface area contributed by atoms with E-state index >= 15 is 0 Å². The van der Waals surface area contributed by atoms with Crippen molar-refractivity contribution in [1.82, 2.24) is 0 Å². The average molecular weight is 370 g/mol. The summed E-state index contributed by atoms with van der Waals surface area (Å²) in [4.78, 5) is 23.7. The summed E-state index contributed by atoms with van der Waals surface area (Å²) in [7, 11) is 0. The molecule has 26 heavy (non-hydrogen) atoms. The molecule has 0 aliphatic carbocycles. The van der Waals surface area contributed by atoms with Crippen molar-refractivity contribution in [2.75, 3.05) is 10.6 Å². The molecule has 0 saturated heterocycles. The van der Waals surface area contributed by atoms with Gasteiger partial charge in [0.15, 0.2) is 0 Å². The lowest BCUT2D eigenvalue weighted by molar-refractivity contribution is -0.137. The SMILES string of the molecule is CC=CC=CC(=O)Nc1cc(C(F)(F)F)ccc1NC(=O)OC(C)(C)C. The highest BCUT2D eigenvalue weighted by Crippen LogP contribution is 2.34. The molecule has 0 saturated carbocycles. The number of nitrogens with one attached hydrogen (secondary N) is 2. The number of anilines is 2. The van der Waals surface area contributed by atoms with E-state index in [4.69, 9.17) is 4.74 Å². The van der Waals surface area contributed by atoms with Gasteiger partial charge in [0.25, 0.3) is 0 Å². The molecule has 142 valence electrons. The van der Waals surface area contributed by atoms with Gasteiger partial charge in [-0.05, 0) is 45.9 Å². The van der Waals surface area contributed by atoms with Crippen molar-refractivity contribution in [3.8, 4) is 0 Å². The minimum absolute atomic E-state index is 0.0139. The first-order valence-electron chi connectivity index (χ1n) is 7.74. The molecule has 2 amide bonds. The number of amides is 2. The average Bonchev–Trinajstić information content (AvgIpc) is 2.46. The summed E-state index contributed by atoms with van der Waals surface area (Å²) in [6.45, 7) is 6.69. The monoisotopic (exact) mass is 370 g/mol. The molecule has 8 heteroatoms. The van der Waals surface area contributed by atoms with E-state index in [0.717, 1.165) is 24.3 Å². The Kier molecular flexibility index (Phi) is 7.00. The molecular formula is C18H21F3N2O3. The van der Waals surface area contributed by atoms with Crippen molar-refractivity contribution >= 4 is 23.4 Å². The summed E-state index contributed by atoms with van der Waals surface area (Å²) in [6, 6.07) is 2.60. The number of allylic oxidation sites excluding steroid dienone is 3. The van der Waals surface area contributed by atoms with Crippen molar-refractivity contribution in [3.05, 3.63) is 48.1 Å². The van der Waals surface area contributed by atoms with Crippen molar-refractivity contribution in [3.63, 3.8) is 0 Å². The van der Waals surface area contributed by atoms with E-state index in [0.29, 0.717) is 0 Å². The molecule has 1 aromatic rings.